The number of fused-ring (bicyclic) bond motifs is 3. The fourth-order valence-electron chi connectivity index (χ4n) is 6.53. The van der Waals surface area contributed by atoms with Gasteiger partial charge < -0.3 is 0 Å². The van der Waals surface area contributed by atoms with Crippen LogP contribution in [0.2, 0.25) is 0 Å². The van der Waals surface area contributed by atoms with E-state index in [9.17, 15) is 0 Å². The largest absolute Gasteiger partial charge is 0.254 e. The van der Waals surface area contributed by atoms with Crippen molar-refractivity contribution in [3.8, 4) is 67.4 Å². The molecule has 4 nitrogen and oxygen atoms in total. The van der Waals surface area contributed by atoms with Gasteiger partial charge in [-0.05, 0) is 58.7 Å². The molecule has 4 heteroatoms. The molecule has 9 aromatic rings. The molecule has 50 heavy (non-hydrogen) atoms. The second-order valence-electron chi connectivity index (χ2n) is 12.3. The molecule has 0 saturated heterocycles. The van der Waals surface area contributed by atoms with Crippen LogP contribution in [0.4, 0.5) is 0 Å². The number of nitrogens with zero attached hydrogens (tertiary/aromatic N) is 4. The number of aromatic nitrogens is 4. The van der Waals surface area contributed by atoms with E-state index in [1.807, 2.05) is 42.6 Å². The highest BCUT2D eigenvalue weighted by Gasteiger charge is 2.15. The van der Waals surface area contributed by atoms with Crippen LogP contribution in [0, 0.1) is 0 Å². The van der Waals surface area contributed by atoms with Crippen LogP contribution < -0.4 is 0 Å². The van der Waals surface area contributed by atoms with Gasteiger partial charge in [0.05, 0.1) is 28.1 Å². The molecule has 0 aliphatic carbocycles. The Balaban J connectivity index is 1.23. The molecule has 9 rings (SSSR count). The molecule has 0 unspecified atom stereocenters. The maximum Gasteiger partial charge on any atom is 0.160 e. The molecule has 3 aromatic heterocycles. The number of pyridine rings is 2. The predicted molar refractivity (Wildman–Crippen MR) is 205 cm³/mol. The Kier molecular flexibility index (Phi) is 7.45. The number of hydrogen-bond acceptors (Lipinski definition) is 4. The van der Waals surface area contributed by atoms with Gasteiger partial charge in [0.1, 0.15) is 0 Å². The summed E-state index contributed by atoms with van der Waals surface area (Å²) in [6.07, 6.45) is 1.83. The van der Waals surface area contributed by atoms with Crippen molar-refractivity contribution in [2.75, 3.05) is 0 Å². The van der Waals surface area contributed by atoms with Crippen LogP contribution >= 0.6 is 0 Å². The van der Waals surface area contributed by atoms with Crippen LogP contribution in [-0.2, 0) is 0 Å². The molecule has 3 heterocycles. The SMILES string of the molecule is c1ccc(-c2ccc(-c3cc(-c4cc(-c5ccccc5)cc(-c5ccc6ccc7cccnc7c6n5)c4)nc(-c4ccccc4)n3)cc2)cc1. The Morgan fingerprint density at radius 1 is 0.280 bits per heavy atom. The van der Waals surface area contributed by atoms with Crippen molar-refractivity contribution in [1.82, 2.24) is 19.9 Å². The van der Waals surface area contributed by atoms with E-state index in [1.54, 1.807) is 0 Å². The molecule has 0 N–H and O–H groups in total. The van der Waals surface area contributed by atoms with Crippen molar-refractivity contribution >= 4 is 21.8 Å². The molecule has 0 aliphatic heterocycles. The van der Waals surface area contributed by atoms with Crippen molar-refractivity contribution in [2.24, 2.45) is 0 Å². The summed E-state index contributed by atoms with van der Waals surface area (Å²) in [4.78, 5) is 20.2. The van der Waals surface area contributed by atoms with Crippen LogP contribution in [0.5, 0.6) is 0 Å². The second-order valence-corrected chi connectivity index (χ2v) is 12.3. The van der Waals surface area contributed by atoms with E-state index in [-0.39, 0.29) is 0 Å². The molecule has 0 aliphatic rings. The molecular weight excluding hydrogens is 609 g/mol. The lowest BCUT2D eigenvalue weighted by molar-refractivity contribution is 1.18. The van der Waals surface area contributed by atoms with Crippen molar-refractivity contribution in [2.45, 2.75) is 0 Å². The maximum absolute atomic E-state index is 5.21. The summed E-state index contributed by atoms with van der Waals surface area (Å²) >= 11 is 0. The summed E-state index contributed by atoms with van der Waals surface area (Å²) in [5.41, 5.74) is 12.9. The van der Waals surface area contributed by atoms with Crippen molar-refractivity contribution in [3.05, 3.63) is 182 Å². The Morgan fingerprint density at radius 3 is 1.46 bits per heavy atom. The fraction of sp³-hybridized carbons (Fsp3) is 0. The fourth-order valence-corrected chi connectivity index (χ4v) is 6.53. The van der Waals surface area contributed by atoms with Gasteiger partial charge in [-0.1, -0.05) is 140 Å². The van der Waals surface area contributed by atoms with Crippen LogP contribution in [0.1, 0.15) is 0 Å². The highest BCUT2D eigenvalue weighted by Crippen LogP contribution is 2.35. The van der Waals surface area contributed by atoms with Crippen LogP contribution in [-0.4, -0.2) is 19.9 Å². The summed E-state index contributed by atoms with van der Waals surface area (Å²) in [7, 11) is 0. The quantitative estimate of drug-likeness (QED) is 0.170. The highest BCUT2D eigenvalue weighted by molar-refractivity contribution is 6.03. The standard InChI is InChI=1S/C46H30N4/c1-4-11-31(12-5-1)33-18-20-34(21-19-33)42-30-43(50-46(49-42)37-15-8-3-9-16-37)40-28-38(32-13-6-2-7-14-32)27-39(29-40)41-25-24-36-23-22-35-17-10-26-47-44(35)45(36)48-41/h1-30H. The number of rotatable bonds is 6. The monoisotopic (exact) mass is 638 g/mol. The Hall–Kier alpha value is -6.78. The zero-order chi connectivity index (χ0) is 33.3. The van der Waals surface area contributed by atoms with Gasteiger partial charge in [-0.2, -0.15) is 0 Å². The summed E-state index contributed by atoms with van der Waals surface area (Å²) in [6.45, 7) is 0. The Bertz CT molecular complexity index is 2620. The normalized spacial score (nSPS) is 11.2. The summed E-state index contributed by atoms with van der Waals surface area (Å²) in [5.74, 6) is 0.679. The third kappa shape index (κ3) is 5.69. The Labute approximate surface area is 290 Å². The topological polar surface area (TPSA) is 51.6 Å². The lowest BCUT2D eigenvalue weighted by Crippen LogP contribution is -1.97. The van der Waals surface area contributed by atoms with Crippen molar-refractivity contribution in [3.63, 3.8) is 0 Å². The van der Waals surface area contributed by atoms with Gasteiger partial charge in [-0.15, -0.1) is 0 Å². The maximum atomic E-state index is 5.21. The van der Waals surface area contributed by atoms with Gasteiger partial charge in [0.25, 0.3) is 0 Å². The van der Waals surface area contributed by atoms with E-state index in [1.165, 1.54) is 5.56 Å². The molecule has 0 atom stereocenters. The van der Waals surface area contributed by atoms with Crippen LogP contribution in [0.25, 0.3) is 89.2 Å². The number of benzene rings is 6. The third-order valence-corrected chi connectivity index (χ3v) is 9.11. The molecular formula is C46H30N4. The molecule has 0 bridgehead atoms. The van der Waals surface area contributed by atoms with Gasteiger partial charge in [-0.3, -0.25) is 4.98 Å². The average Bonchev–Trinajstić information content (AvgIpc) is 3.21. The number of hydrogen-bond donors (Lipinski definition) is 0. The summed E-state index contributed by atoms with van der Waals surface area (Å²) in [5, 5.41) is 2.13. The van der Waals surface area contributed by atoms with E-state index in [0.29, 0.717) is 5.82 Å². The van der Waals surface area contributed by atoms with Gasteiger partial charge in [-0.25, -0.2) is 15.0 Å². The minimum atomic E-state index is 0.679. The first-order valence-electron chi connectivity index (χ1n) is 16.7. The van der Waals surface area contributed by atoms with Gasteiger partial charge in [0.15, 0.2) is 5.82 Å². The van der Waals surface area contributed by atoms with E-state index in [0.717, 1.165) is 77.8 Å². The predicted octanol–water partition coefficient (Wildman–Crippen LogP) is 11.6. The zero-order valence-electron chi connectivity index (χ0n) is 27.1. The van der Waals surface area contributed by atoms with Crippen LogP contribution in [0.15, 0.2) is 182 Å². The smallest absolute Gasteiger partial charge is 0.160 e. The molecule has 234 valence electrons. The molecule has 0 spiro atoms. The zero-order valence-corrected chi connectivity index (χ0v) is 27.1. The average molecular weight is 639 g/mol. The molecule has 0 amide bonds. The van der Waals surface area contributed by atoms with Gasteiger partial charge >= 0.3 is 0 Å². The van der Waals surface area contributed by atoms with Crippen molar-refractivity contribution < 1.29 is 0 Å². The minimum Gasteiger partial charge on any atom is -0.254 e. The van der Waals surface area contributed by atoms with E-state index < -0.39 is 0 Å². The first-order valence-corrected chi connectivity index (χ1v) is 16.7. The Morgan fingerprint density at radius 2 is 0.780 bits per heavy atom. The van der Waals surface area contributed by atoms with Gasteiger partial charge in [0, 0.05) is 39.2 Å². The minimum absolute atomic E-state index is 0.679. The first kappa shape index (κ1) is 29.4. The molecule has 0 fully saturated rings. The van der Waals surface area contributed by atoms with Crippen LogP contribution in [0.3, 0.4) is 0 Å². The van der Waals surface area contributed by atoms with E-state index in [2.05, 4.69) is 140 Å². The molecule has 6 aromatic carbocycles. The van der Waals surface area contributed by atoms with E-state index >= 15 is 0 Å². The van der Waals surface area contributed by atoms with E-state index in [4.69, 9.17) is 19.9 Å². The highest BCUT2D eigenvalue weighted by atomic mass is 14.9. The third-order valence-electron chi connectivity index (χ3n) is 9.11. The van der Waals surface area contributed by atoms with Crippen molar-refractivity contribution in [1.29, 1.82) is 0 Å². The summed E-state index contributed by atoms with van der Waals surface area (Å²) < 4.78 is 0. The summed E-state index contributed by atoms with van der Waals surface area (Å²) in [6, 6.07) is 60.9. The lowest BCUT2D eigenvalue weighted by atomic mass is 9.95. The first-order chi connectivity index (χ1) is 24.7. The molecule has 0 radical (unpaired) electrons. The lowest BCUT2D eigenvalue weighted by Gasteiger charge is -2.13. The second kappa shape index (κ2) is 12.7. The molecule has 0 saturated carbocycles. The van der Waals surface area contributed by atoms with Gasteiger partial charge in [0.2, 0.25) is 0 Å².